The Bertz CT molecular complexity index is 650. The molecule has 0 radical (unpaired) electrons. The van der Waals surface area contributed by atoms with Gasteiger partial charge in [-0.1, -0.05) is 18.2 Å². The van der Waals surface area contributed by atoms with E-state index in [2.05, 4.69) is 15.6 Å². The number of hydrogen-bond acceptors (Lipinski definition) is 4. The lowest BCUT2D eigenvalue weighted by Crippen LogP contribution is -2.35. The first kappa shape index (κ1) is 15.7. The Morgan fingerprint density at radius 3 is 3.00 bits per heavy atom. The van der Waals surface area contributed by atoms with Gasteiger partial charge >= 0.3 is 0 Å². The highest BCUT2D eigenvalue weighted by Gasteiger charge is 2.20. The molecule has 0 bridgehead atoms. The highest BCUT2D eigenvalue weighted by atomic mass is 16.5. The minimum atomic E-state index is 0.0532. The van der Waals surface area contributed by atoms with Gasteiger partial charge in [0.15, 0.2) is 0 Å². The number of nitrogens with zero attached hydrogens (tertiary/aromatic N) is 1. The van der Waals surface area contributed by atoms with E-state index in [9.17, 15) is 4.79 Å². The van der Waals surface area contributed by atoms with Crippen molar-refractivity contribution in [1.29, 1.82) is 0 Å². The van der Waals surface area contributed by atoms with Crippen LogP contribution < -0.4 is 15.4 Å². The third-order valence-electron chi connectivity index (χ3n) is 3.91. The first-order valence-electron chi connectivity index (χ1n) is 8.27. The van der Waals surface area contributed by atoms with Crippen LogP contribution in [0, 0.1) is 5.92 Å². The van der Waals surface area contributed by atoms with E-state index in [1.54, 1.807) is 6.20 Å². The summed E-state index contributed by atoms with van der Waals surface area (Å²) < 4.78 is 5.79. The highest BCUT2D eigenvalue weighted by molar-refractivity contribution is 5.84. The zero-order valence-electron chi connectivity index (χ0n) is 13.3. The maximum absolute atomic E-state index is 11.6. The molecule has 1 aliphatic rings. The third-order valence-corrected chi connectivity index (χ3v) is 3.91. The molecular formula is C18H23N3O2. The average Bonchev–Trinajstić information content (AvgIpc) is 3.39. The first-order valence-corrected chi connectivity index (χ1v) is 8.27. The van der Waals surface area contributed by atoms with E-state index in [0.29, 0.717) is 19.7 Å². The summed E-state index contributed by atoms with van der Waals surface area (Å²) in [5.74, 6) is 1.64. The lowest BCUT2D eigenvalue weighted by molar-refractivity contribution is -0.120. The second-order valence-corrected chi connectivity index (χ2v) is 5.96. The number of amides is 1. The Balaban J connectivity index is 1.33. The monoisotopic (exact) mass is 313 g/mol. The van der Waals surface area contributed by atoms with E-state index in [1.807, 2.05) is 30.3 Å². The summed E-state index contributed by atoms with van der Waals surface area (Å²) in [7, 11) is 0. The number of hydrogen-bond donors (Lipinski definition) is 2. The second kappa shape index (κ2) is 7.92. The van der Waals surface area contributed by atoms with Crippen molar-refractivity contribution in [1.82, 2.24) is 15.6 Å². The number of para-hydroxylation sites is 1. The number of pyridine rings is 1. The molecule has 1 aliphatic carbocycles. The summed E-state index contributed by atoms with van der Waals surface area (Å²) in [5.41, 5.74) is 0.878. The van der Waals surface area contributed by atoms with Crippen LogP contribution in [-0.4, -0.2) is 37.1 Å². The Labute approximate surface area is 136 Å². The zero-order chi connectivity index (χ0) is 15.9. The van der Waals surface area contributed by atoms with Crippen LogP contribution in [-0.2, 0) is 4.79 Å². The molecule has 1 aromatic heterocycles. The molecule has 0 saturated heterocycles. The van der Waals surface area contributed by atoms with Crippen molar-refractivity contribution in [3.05, 3.63) is 36.5 Å². The fourth-order valence-electron chi connectivity index (χ4n) is 2.45. The van der Waals surface area contributed by atoms with Crippen LogP contribution in [0.1, 0.15) is 19.3 Å². The zero-order valence-corrected chi connectivity index (χ0v) is 13.3. The number of rotatable bonds is 9. The fourth-order valence-corrected chi connectivity index (χ4v) is 2.45. The van der Waals surface area contributed by atoms with Gasteiger partial charge in [0.25, 0.3) is 0 Å². The van der Waals surface area contributed by atoms with Crippen LogP contribution in [0.2, 0.25) is 0 Å². The van der Waals surface area contributed by atoms with Crippen molar-refractivity contribution in [2.24, 2.45) is 5.92 Å². The molecule has 23 heavy (non-hydrogen) atoms. The summed E-state index contributed by atoms with van der Waals surface area (Å²) in [6, 6.07) is 9.84. The molecule has 1 aromatic carbocycles. The van der Waals surface area contributed by atoms with Crippen LogP contribution in [0.4, 0.5) is 0 Å². The van der Waals surface area contributed by atoms with Gasteiger partial charge in [0.05, 0.1) is 13.2 Å². The van der Waals surface area contributed by atoms with Crippen molar-refractivity contribution in [3.63, 3.8) is 0 Å². The molecule has 5 nitrogen and oxygen atoms in total. The Morgan fingerprint density at radius 1 is 1.26 bits per heavy atom. The molecule has 1 heterocycles. The smallest absolute Gasteiger partial charge is 0.233 e. The third kappa shape index (κ3) is 4.93. The lowest BCUT2D eigenvalue weighted by atomic mass is 10.2. The molecule has 122 valence electrons. The minimum absolute atomic E-state index is 0.0532. The van der Waals surface area contributed by atoms with Crippen LogP contribution >= 0.6 is 0 Å². The fraction of sp³-hybridized carbons (Fsp3) is 0.444. The maximum atomic E-state index is 11.6. The molecule has 3 rings (SSSR count). The van der Waals surface area contributed by atoms with Gasteiger partial charge in [-0.3, -0.25) is 9.78 Å². The Kier molecular flexibility index (Phi) is 5.42. The van der Waals surface area contributed by atoms with E-state index < -0.39 is 0 Å². The molecule has 0 atom stereocenters. The van der Waals surface area contributed by atoms with Crippen LogP contribution in [0.5, 0.6) is 5.75 Å². The summed E-state index contributed by atoms with van der Waals surface area (Å²) >= 11 is 0. The first-order chi connectivity index (χ1) is 11.3. The lowest BCUT2D eigenvalue weighted by Gasteiger charge is -2.09. The van der Waals surface area contributed by atoms with E-state index in [4.69, 9.17) is 4.74 Å². The Hall–Kier alpha value is -2.14. The molecule has 2 N–H and O–H groups in total. The van der Waals surface area contributed by atoms with Crippen molar-refractivity contribution in [2.75, 3.05) is 26.2 Å². The van der Waals surface area contributed by atoms with Crippen molar-refractivity contribution >= 4 is 16.8 Å². The standard InChI is InChI=1S/C18H23N3O2/c22-17(13-19-12-14-7-8-14)20-10-3-11-23-16-6-1-4-15-5-2-9-21-18(15)16/h1-2,4-6,9,14,19H,3,7-8,10-13H2,(H,20,22). The number of carbonyl (C=O) groups excluding carboxylic acids is 1. The van der Waals surface area contributed by atoms with Gasteiger partial charge in [-0.05, 0) is 43.9 Å². The van der Waals surface area contributed by atoms with Crippen LogP contribution in [0.25, 0.3) is 10.9 Å². The molecule has 0 spiro atoms. The summed E-state index contributed by atoms with van der Waals surface area (Å²) in [5, 5.41) is 7.16. The Morgan fingerprint density at radius 2 is 2.13 bits per heavy atom. The van der Waals surface area contributed by atoms with Crippen molar-refractivity contribution in [3.8, 4) is 5.75 Å². The largest absolute Gasteiger partial charge is 0.491 e. The number of benzene rings is 1. The molecule has 0 aliphatic heterocycles. The SMILES string of the molecule is O=C(CNCC1CC1)NCCCOc1cccc2cccnc12. The van der Waals surface area contributed by atoms with Gasteiger partial charge in [0, 0.05) is 18.1 Å². The summed E-state index contributed by atoms with van der Waals surface area (Å²) in [6.45, 7) is 2.56. The van der Waals surface area contributed by atoms with E-state index in [1.165, 1.54) is 12.8 Å². The van der Waals surface area contributed by atoms with Gasteiger partial charge in [0.1, 0.15) is 11.3 Å². The van der Waals surface area contributed by atoms with Crippen molar-refractivity contribution < 1.29 is 9.53 Å². The van der Waals surface area contributed by atoms with Gasteiger partial charge in [-0.2, -0.15) is 0 Å². The topological polar surface area (TPSA) is 63.2 Å². The highest BCUT2D eigenvalue weighted by Crippen LogP contribution is 2.27. The molecule has 1 saturated carbocycles. The molecule has 0 unspecified atom stereocenters. The summed E-state index contributed by atoms with van der Waals surface area (Å²) in [6.07, 6.45) is 5.14. The number of nitrogens with one attached hydrogen (secondary N) is 2. The van der Waals surface area contributed by atoms with E-state index in [-0.39, 0.29) is 5.91 Å². The predicted octanol–water partition coefficient (Wildman–Crippen LogP) is 2.12. The molecular weight excluding hydrogens is 290 g/mol. The predicted molar refractivity (Wildman–Crippen MR) is 90.5 cm³/mol. The summed E-state index contributed by atoms with van der Waals surface area (Å²) in [4.78, 5) is 16.0. The molecule has 2 aromatic rings. The molecule has 5 heteroatoms. The van der Waals surface area contributed by atoms with Gasteiger partial charge in [-0.15, -0.1) is 0 Å². The maximum Gasteiger partial charge on any atom is 0.233 e. The number of fused-ring (bicyclic) bond motifs is 1. The normalized spacial score (nSPS) is 13.9. The number of carbonyl (C=O) groups is 1. The quantitative estimate of drug-likeness (QED) is 0.696. The number of aromatic nitrogens is 1. The second-order valence-electron chi connectivity index (χ2n) is 5.96. The minimum Gasteiger partial charge on any atom is -0.491 e. The molecule has 1 fully saturated rings. The van der Waals surface area contributed by atoms with E-state index >= 15 is 0 Å². The van der Waals surface area contributed by atoms with Crippen molar-refractivity contribution in [2.45, 2.75) is 19.3 Å². The van der Waals surface area contributed by atoms with Crippen LogP contribution in [0.3, 0.4) is 0 Å². The van der Waals surface area contributed by atoms with Gasteiger partial charge in [0.2, 0.25) is 5.91 Å². The van der Waals surface area contributed by atoms with Crippen LogP contribution in [0.15, 0.2) is 36.5 Å². The average molecular weight is 313 g/mol. The van der Waals surface area contributed by atoms with Gasteiger partial charge in [-0.25, -0.2) is 0 Å². The van der Waals surface area contributed by atoms with Gasteiger partial charge < -0.3 is 15.4 Å². The van der Waals surface area contributed by atoms with E-state index in [0.717, 1.165) is 35.5 Å². The number of ether oxygens (including phenoxy) is 1. The molecule has 1 amide bonds.